The third kappa shape index (κ3) is 5.30. The zero-order valence-electron chi connectivity index (χ0n) is 15.7. The van der Waals surface area contributed by atoms with E-state index in [-0.39, 0.29) is 29.4 Å². The van der Waals surface area contributed by atoms with Crippen molar-refractivity contribution in [2.75, 3.05) is 24.6 Å². The van der Waals surface area contributed by atoms with Gasteiger partial charge in [0.15, 0.2) is 9.84 Å². The Hall–Kier alpha value is -1.89. The maximum absolute atomic E-state index is 12.7. The molecule has 0 aromatic heterocycles. The first-order chi connectivity index (χ1) is 12.2. The van der Waals surface area contributed by atoms with Crippen molar-refractivity contribution >= 4 is 21.7 Å². The lowest BCUT2D eigenvalue weighted by Gasteiger charge is -2.27. The first-order valence-corrected chi connectivity index (χ1v) is 10.9. The Bertz CT molecular complexity index is 741. The fourth-order valence-corrected chi connectivity index (χ4v) is 4.83. The minimum absolute atomic E-state index is 0.0307. The number of amides is 2. The summed E-state index contributed by atoms with van der Waals surface area (Å²) in [7, 11) is -3.05. The zero-order valence-corrected chi connectivity index (χ0v) is 16.5. The summed E-state index contributed by atoms with van der Waals surface area (Å²) in [6.45, 7) is 7.12. The van der Waals surface area contributed by atoms with Crippen molar-refractivity contribution in [2.24, 2.45) is 5.92 Å². The van der Waals surface area contributed by atoms with E-state index in [1.165, 1.54) is 0 Å². The third-order valence-corrected chi connectivity index (χ3v) is 6.40. The molecule has 0 spiro atoms. The number of rotatable bonds is 7. The van der Waals surface area contributed by atoms with Crippen LogP contribution in [0.5, 0.6) is 0 Å². The first kappa shape index (κ1) is 20.4. The minimum atomic E-state index is -3.05. The molecule has 1 aliphatic rings. The molecule has 1 aromatic rings. The second-order valence-electron chi connectivity index (χ2n) is 7.16. The Balaban J connectivity index is 2.02. The van der Waals surface area contributed by atoms with Gasteiger partial charge in [0.25, 0.3) is 11.8 Å². The molecule has 7 heteroatoms. The second-order valence-corrected chi connectivity index (χ2v) is 9.39. The van der Waals surface area contributed by atoms with Crippen LogP contribution < -0.4 is 5.32 Å². The van der Waals surface area contributed by atoms with E-state index in [0.717, 1.165) is 6.42 Å². The van der Waals surface area contributed by atoms with Crippen LogP contribution in [0.3, 0.4) is 0 Å². The average Bonchev–Trinajstić information content (AvgIpc) is 2.94. The highest BCUT2D eigenvalue weighted by molar-refractivity contribution is 7.91. The molecule has 0 bridgehead atoms. The number of nitrogens with one attached hydrogen (secondary N) is 1. The van der Waals surface area contributed by atoms with Crippen LogP contribution >= 0.6 is 0 Å². The van der Waals surface area contributed by atoms with Gasteiger partial charge in [0, 0.05) is 30.3 Å². The van der Waals surface area contributed by atoms with Crippen molar-refractivity contribution in [3.05, 3.63) is 35.4 Å². The number of sulfone groups is 1. The van der Waals surface area contributed by atoms with Gasteiger partial charge >= 0.3 is 0 Å². The Morgan fingerprint density at radius 2 is 1.81 bits per heavy atom. The van der Waals surface area contributed by atoms with Crippen LogP contribution in [0, 0.1) is 5.92 Å². The molecule has 1 heterocycles. The van der Waals surface area contributed by atoms with Crippen molar-refractivity contribution < 1.29 is 18.0 Å². The van der Waals surface area contributed by atoms with Gasteiger partial charge in [-0.1, -0.05) is 13.8 Å². The highest BCUT2D eigenvalue weighted by Crippen LogP contribution is 2.20. The van der Waals surface area contributed by atoms with Gasteiger partial charge < -0.3 is 10.2 Å². The maximum Gasteiger partial charge on any atom is 0.254 e. The molecule has 144 valence electrons. The highest BCUT2D eigenvalue weighted by atomic mass is 32.2. The number of carbonyl (C=O) groups excluding carboxylic acids is 2. The van der Waals surface area contributed by atoms with Gasteiger partial charge in [0.05, 0.1) is 11.5 Å². The molecule has 1 saturated heterocycles. The third-order valence-electron chi connectivity index (χ3n) is 4.65. The van der Waals surface area contributed by atoms with E-state index in [0.29, 0.717) is 36.6 Å². The Morgan fingerprint density at radius 1 is 1.19 bits per heavy atom. The van der Waals surface area contributed by atoms with Crippen LogP contribution in [0.25, 0.3) is 0 Å². The lowest BCUT2D eigenvalue weighted by molar-refractivity contribution is 0.0708. The van der Waals surface area contributed by atoms with Gasteiger partial charge in [-0.25, -0.2) is 8.42 Å². The van der Waals surface area contributed by atoms with Crippen LogP contribution in [0.4, 0.5) is 0 Å². The summed E-state index contributed by atoms with van der Waals surface area (Å²) in [4.78, 5) is 26.5. The van der Waals surface area contributed by atoms with Gasteiger partial charge in [0.2, 0.25) is 0 Å². The van der Waals surface area contributed by atoms with Crippen LogP contribution in [0.15, 0.2) is 24.3 Å². The first-order valence-electron chi connectivity index (χ1n) is 9.13. The van der Waals surface area contributed by atoms with Crippen molar-refractivity contribution in [2.45, 2.75) is 39.7 Å². The number of carbonyl (C=O) groups is 2. The van der Waals surface area contributed by atoms with Crippen LogP contribution in [0.2, 0.25) is 0 Å². The molecular weight excluding hydrogens is 352 g/mol. The summed E-state index contributed by atoms with van der Waals surface area (Å²) in [5.41, 5.74) is 0.978. The molecular formula is C19H28N2O4S. The molecule has 1 atom stereocenters. The van der Waals surface area contributed by atoms with E-state index < -0.39 is 9.84 Å². The summed E-state index contributed by atoms with van der Waals surface area (Å²) in [5, 5.41) is 2.87. The number of hydrogen-bond acceptors (Lipinski definition) is 4. The monoisotopic (exact) mass is 380 g/mol. The molecule has 1 unspecified atom stereocenters. The zero-order chi connectivity index (χ0) is 19.3. The number of nitrogens with zero attached hydrogens (tertiary/aromatic N) is 1. The summed E-state index contributed by atoms with van der Waals surface area (Å²) in [5.74, 6) is 0.342. The lowest BCUT2D eigenvalue weighted by Crippen LogP contribution is -2.41. The van der Waals surface area contributed by atoms with Crippen LogP contribution in [0.1, 0.15) is 54.3 Å². The molecule has 26 heavy (non-hydrogen) atoms. The SMILES string of the molecule is CCN(C(=O)c1ccc(C(=O)NCCC(C)C)cc1)C1CCS(=O)(=O)C1. The molecule has 0 aliphatic carbocycles. The molecule has 1 fully saturated rings. The smallest absolute Gasteiger partial charge is 0.254 e. The Labute approximate surface area is 155 Å². The van der Waals surface area contributed by atoms with Crippen LogP contribution in [-0.2, 0) is 9.84 Å². The molecule has 0 saturated carbocycles. The van der Waals surface area contributed by atoms with Gasteiger partial charge in [-0.3, -0.25) is 9.59 Å². The Morgan fingerprint density at radius 3 is 2.31 bits per heavy atom. The van der Waals surface area contributed by atoms with E-state index in [9.17, 15) is 18.0 Å². The number of benzene rings is 1. The molecule has 0 radical (unpaired) electrons. The fraction of sp³-hybridized carbons (Fsp3) is 0.579. The summed E-state index contributed by atoms with van der Waals surface area (Å²) < 4.78 is 23.4. The molecule has 2 rings (SSSR count). The van der Waals surface area contributed by atoms with E-state index in [1.54, 1.807) is 29.2 Å². The second kappa shape index (κ2) is 8.66. The fourth-order valence-electron chi connectivity index (χ4n) is 3.10. The molecule has 1 N–H and O–H groups in total. The quantitative estimate of drug-likeness (QED) is 0.785. The van der Waals surface area contributed by atoms with Crippen molar-refractivity contribution in [3.63, 3.8) is 0 Å². The molecule has 6 nitrogen and oxygen atoms in total. The summed E-state index contributed by atoms with van der Waals surface area (Å²) >= 11 is 0. The summed E-state index contributed by atoms with van der Waals surface area (Å²) in [6, 6.07) is 6.27. The molecule has 2 amide bonds. The average molecular weight is 381 g/mol. The van der Waals surface area contributed by atoms with E-state index in [2.05, 4.69) is 19.2 Å². The topological polar surface area (TPSA) is 83.6 Å². The predicted molar refractivity (Wildman–Crippen MR) is 102 cm³/mol. The van der Waals surface area contributed by atoms with Gasteiger partial charge in [-0.15, -0.1) is 0 Å². The normalized spacial score (nSPS) is 18.7. The maximum atomic E-state index is 12.7. The van der Waals surface area contributed by atoms with Crippen LogP contribution in [-0.4, -0.2) is 55.8 Å². The molecule has 1 aliphatic heterocycles. The van der Waals surface area contributed by atoms with Crippen molar-refractivity contribution in [1.29, 1.82) is 0 Å². The largest absolute Gasteiger partial charge is 0.352 e. The Kier molecular flexibility index (Phi) is 6.81. The number of hydrogen-bond donors (Lipinski definition) is 1. The standard InChI is InChI=1S/C19H28N2O4S/c1-4-21(17-10-12-26(24,25)13-17)19(23)16-7-5-15(6-8-16)18(22)20-11-9-14(2)3/h5-8,14,17H,4,9-13H2,1-3H3,(H,20,22). The summed E-state index contributed by atoms with van der Waals surface area (Å²) in [6.07, 6.45) is 1.40. The lowest BCUT2D eigenvalue weighted by atomic mass is 10.1. The van der Waals surface area contributed by atoms with Crippen molar-refractivity contribution in [1.82, 2.24) is 10.2 Å². The van der Waals surface area contributed by atoms with Gasteiger partial charge in [-0.05, 0) is 49.9 Å². The van der Waals surface area contributed by atoms with Crippen molar-refractivity contribution in [3.8, 4) is 0 Å². The van der Waals surface area contributed by atoms with E-state index in [4.69, 9.17) is 0 Å². The van der Waals surface area contributed by atoms with Gasteiger partial charge in [0.1, 0.15) is 0 Å². The predicted octanol–water partition coefficient (Wildman–Crippen LogP) is 2.11. The minimum Gasteiger partial charge on any atom is -0.352 e. The van der Waals surface area contributed by atoms with E-state index >= 15 is 0 Å². The van der Waals surface area contributed by atoms with Gasteiger partial charge in [-0.2, -0.15) is 0 Å². The highest BCUT2D eigenvalue weighted by Gasteiger charge is 2.34. The molecule has 1 aromatic carbocycles. The van der Waals surface area contributed by atoms with E-state index in [1.807, 2.05) is 6.92 Å².